The molecule has 0 spiro atoms. The fraction of sp³-hybridized carbons (Fsp3) is 0. The summed E-state index contributed by atoms with van der Waals surface area (Å²) < 4.78 is 0.826. The summed E-state index contributed by atoms with van der Waals surface area (Å²) in [6.45, 7) is 0. The zero-order valence-electron chi connectivity index (χ0n) is 10.7. The number of carboxylic acid groups (broad SMARTS) is 1. The van der Waals surface area contributed by atoms with E-state index in [4.69, 9.17) is 11.6 Å². The molecule has 0 radical (unpaired) electrons. The van der Waals surface area contributed by atoms with Crippen LogP contribution in [0.15, 0.2) is 42.5 Å². The largest absolute Gasteiger partial charge is 0.478 e. The van der Waals surface area contributed by atoms with Crippen molar-refractivity contribution in [3.05, 3.63) is 58.6 Å². The van der Waals surface area contributed by atoms with Crippen LogP contribution in [0.25, 0.3) is 20.5 Å². The number of benzene rings is 2. The van der Waals surface area contributed by atoms with Gasteiger partial charge in [0.1, 0.15) is 0 Å². The highest BCUT2D eigenvalue weighted by atomic mass is 35.5. The Balaban J connectivity index is 2.39. The standard InChI is InChI=1S/C16H9ClO3S/c17-10-5-6-13-12(7-10)14(16(19)20)15(21-13)11-4-2-1-3-9(11)8-18/h1-8H,(H,19,20). The molecule has 0 aliphatic carbocycles. The van der Waals surface area contributed by atoms with Crippen LogP contribution in [0.4, 0.5) is 0 Å². The number of halogens is 1. The number of thiophene rings is 1. The molecule has 3 aromatic rings. The lowest BCUT2D eigenvalue weighted by molar-refractivity contribution is 0.0700. The monoisotopic (exact) mass is 316 g/mol. The van der Waals surface area contributed by atoms with Gasteiger partial charge in [-0.15, -0.1) is 11.3 Å². The number of carboxylic acids is 1. The maximum atomic E-state index is 11.7. The number of fused-ring (bicyclic) bond motifs is 1. The quantitative estimate of drug-likeness (QED) is 0.710. The molecule has 0 amide bonds. The number of aromatic carboxylic acids is 1. The van der Waals surface area contributed by atoms with E-state index in [1.54, 1.807) is 42.5 Å². The number of hydrogen-bond donors (Lipinski definition) is 1. The molecular formula is C16H9ClO3S. The van der Waals surface area contributed by atoms with Crippen molar-refractivity contribution in [3.63, 3.8) is 0 Å². The molecule has 21 heavy (non-hydrogen) atoms. The van der Waals surface area contributed by atoms with Crippen LogP contribution in [0, 0.1) is 0 Å². The Morgan fingerprint density at radius 1 is 1.19 bits per heavy atom. The van der Waals surface area contributed by atoms with Crippen LogP contribution in [0.2, 0.25) is 5.02 Å². The van der Waals surface area contributed by atoms with E-state index in [2.05, 4.69) is 0 Å². The van der Waals surface area contributed by atoms with Crippen LogP contribution >= 0.6 is 22.9 Å². The van der Waals surface area contributed by atoms with Gasteiger partial charge >= 0.3 is 5.97 Å². The molecule has 0 atom stereocenters. The first-order chi connectivity index (χ1) is 10.1. The maximum Gasteiger partial charge on any atom is 0.337 e. The normalized spacial score (nSPS) is 10.7. The number of aldehydes is 1. The molecule has 0 aliphatic heterocycles. The minimum atomic E-state index is -1.03. The number of rotatable bonds is 3. The van der Waals surface area contributed by atoms with Crippen LogP contribution in [-0.2, 0) is 0 Å². The van der Waals surface area contributed by atoms with Crippen molar-refractivity contribution >= 4 is 45.3 Å². The van der Waals surface area contributed by atoms with Gasteiger partial charge in [-0.05, 0) is 18.2 Å². The fourth-order valence-electron chi connectivity index (χ4n) is 2.28. The Bertz CT molecular complexity index is 867. The Kier molecular flexibility index (Phi) is 3.49. The van der Waals surface area contributed by atoms with Crippen molar-refractivity contribution < 1.29 is 14.7 Å². The van der Waals surface area contributed by atoms with Crippen LogP contribution in [0.5, 0.6) is 0 Å². The summed E-state index contributed by atoms with van der Waals surface area (Å²) in [6.07, 6.45) is 0.734. The molecule has 1 aromatic heterocycles. The zero-order chi connectivity index (χ0) is 15.0. The summed E-state index contributed by atoms with van der Waals surface area (Å²) in [5.74, 6) is -1.03. The fourth-order valence-corrected chi connectivity index (χ4v) is 3.67. The minimum absolute atomic E-state index is 0.187. The molecule has 3 nitrogen and oxygen atoms in total. The molecule has 0 saturated carbocycles. The zero-order valence-corrected chi connectivity index (χ0v) is 12.2. The number of carbonyl (C=O) groups excluding carboxylic acids is 1. The third-order valence-corrected chi connectivity index (χ3v) is 4.64. The number of carbonyl (C=O) groups is 2. The van der Waals surface area contributed by atoms with E-state index in [1.165, 1.54) is 11.3 Å². The van der Waals surface area contributed by atoms with Gasteiger partial charge in [0.2, 0.25) is 0 Å². The Morgan fingerprint density at radius 3 is 2.67 bits per heavy atom. The van der Waals surface area contributed by atoms with E-state index in [1.807, 2.05) is 0 Å². The minimum Gasteiger partial charge on any atom is -0.478 e. The maximum absolute atomic E-state index is 11.7. The highest BCUT2D eigenvalue weighted by Crippen LogP contribution is 2.40. The molecule has 1 heterocycles. The summed E-state index contributed by atoms with van der Waals surface area (Å²) in [5.41, 5.74) is 1.28. The van der Waals surface area contributed by atoms with Crippen LogP contribution in [0.3, 0.4) is 0 Å². The summed E-state index contributed by atoms with van der Waals surface area (Å²) in [6, 6.07) is 12.1. The second-order valence-corrected chi connectivity index (χ2v) is 5.95. The van der Waals surface area contributed by atoms with E-state index in [9.17, 15) is 14.7 Å². The van der Waals surface area contributed by atoms with E-state index in [-0.39, 0.29) is 5.56 Å². The van der Waals surface area contributed by atoms with Crippen molar-refractivity contribution in [3.8, 4) is 10.4 Å². The van der Waals surface area contributed by atoms with Crippen molar-refractivity contribution in [2.45, 2.75) is 0 Å². The molecule has 0 saturated heterocycles. The highest BCUT2D eigenvalue weighted by Gasteiger charge is 2.21. The number of hydrogen-bond acceptors (Lipinski definition) is 3. The van der Waals surface area contributed by atoms with Gasteiger partial charge in [0.25, 0.3) is 0 Å². The molecule has 5 heteroatoms. The van der Waals surface area contributed by atoms with Gasteiger partial charge in [-0.25, -0.2) is 4.79 Å². The molecule has 0 fully saturated rings. The topological polar surface area (TPSA) is 54.4 Å². The Hall–Kier alpha value is -2.17. The average Bonchev–Trinajstić information content (AvgIpc) is 2.85. The molecule has 0 aliphatic rings. The summed E-state index contributed by atoms with van der Waals surface area (Å²) >= 11 is 7.31. The predicted octanol–water partition coefficient (Wildman–Crippen LogP) is 4.73. The predicted molar refractivity (Wildman–Crippen MR) is 84.6 cm³/mol. The van der Waals surface area contributed by atoms with Crippen molar-refractivity contribution in [1.29, 1.82) is 0 Å². The van der Waals surface area contributed by atoms with E-state index >= 15 is 0 Å². The van der Waals surface area contributed by atoms with Crippen molar-refractivity contribution in [1.82, 2.24) is 0 Å². The van der Waals surface area contributed by atoms with Crippen molar-refractivity contribution in [2.24, 2.45) is 0 Å². The van der Waals surface area contributed by atoms with Gasteiger partial charge < -0.3 is 5.11 Å². The van der Waals surface area contributed by atoms with Gasteiger partial charge in [0.15, 0.2) is 6.29 Å². The lowest BCUT2D eigenvalue weighted by Crippen LogP contribution is -1.98. The van der Waals surface area contributed by atoms with Gasteiger partial charge in [-0.2, -0.15) is 0 Å². The van der Waals surface area contributed by atoms with Gasteiger partial charge in [0.05, 0.1) is 10.4 Å². The van der Waals surface area contributed by atoms with Crippen LogP contribution < -0.4 is 0 Å². The Morgan fingerprint density at radius 2 is 1.95 bits per heavy atom. The first-order valence-electron chi connectivity index (χ1n) is 6.11. The third kappa shape index (κ3) is 2.33. The van der Waals surface area contributed by atoms with Crippen molar-refractivity contribution in [2.75, 3.05) is 0 Å². The van der Waals surface area contributed by atoms with Gasteiger partial charge in [0, 0.05) is 26.2 Å². The Labute approximate surface area is 129 Å². The molecule has 2 aromatic carbocycles. The molecular weight excluding hydrogens is 308 g/mol. The van der Waals surface area contributed by atoms with E-state index in [0.717, 1.165) is 11.0 Å². The summed E-state index contributed by atoms with van der Waals surface area (Å²) in [4.78, 5) is 23.4. The lowest BCUT2D eigenvalue weighted by atomic mass is 10.0. The molecule has 1 N–H and O–H groups in total. The molecule has 0 unspecified atom stereocenters. The SMILES string of the molecule is O=Cc1ccccc1-c1sc2ccc(Cl)cc2c1C(=O)O. The molecule has 3 rings (SSSR count). The molecule has 0 bridgehead atoms. The summed E-state index contributed by atoms with van der Waals surface area (Å²) in [5, 5.41) is 10.6. The van der Waals surface area contributed by atoms with Crippen LogP contribution in [-0.4, -0.2) is 17.4 Å². The molecule has 104 valence electrons. The third-order valence-electron chi connectivity index (χ3n) is 3.20. The lowest BCUT2D eigenvalue weighted by Gasteiger charge is -2.03. The van der Waals surface area contributed by atoms with E-state index in [0.29, 0.717) is 26.4 Å². The smallest absolute Gasteiger partial charge is 0.337 e. The van der Waals surface area contributed by atoms with Gasteiger partial charge in [-0.1, -0.05) is 35.9 Å². The second kappa shape index (κ2) is 5.31. The average molecular weight is 317 g/mol. The van der Waals surface area contributed by atoms with Gasteiger partial charge in [-0.3, -0.25) is 4.79 Å². The van der Waals surface area contributed by atoms with E-state index < -0.39 is 5.97 Å². The highest BCUT2D eigenvalue weighted by molar-refractivity contribution is 7.22. The summed E-state index contributed by atoms with van der Waals surface area (Å²) in [7, 11) is 0. The van der Waals surface area contributed by atoms with Crippen LogP contribution in [0.1, 0.15) is 20.7 Å². The first kappa shape index (κ1) is 13.8. The first-order valence-corrected chi connectivity index (χ1v) is 7.31. The second-order valence-electron chi connectivity index (χ2n) is 4.46.